The lowest BCUT2D eigenvalue weighted by Gasteiger charge is -2.18. The van der Waals surface area contributed by atoms with Crippen LogP contribution in [0.25, 0.3) is 0 Å². The Balaban J connectivity index is 2.90. The van der Waals surface area contributed by atoms with Gasteiger partial charge < -0.3 is 5.73 Å². The van der Waals surface area contributed by atoms with Crippen molar-refractivity contribution in [2.75, 3.05) is 13.1 Å². The van der Waals surface area contributed by atoms with E-state index in [4.69, 9.17) is 11.1 Å². The van der Waals surface area contributed by atoms with Gasteiger partial charge >= 0.3 is 0 Å². The molecule has 1 aromatic rings. The van der Waals surface area contributed by atoms with Gasteiger partial charge in [-0.2, -0.15) is 9.40 Å². The number of nitrogens with two attached hydrogens (primary N) is 1. The fourth-order valence-corrected chi connectivity index (χ4v) is 2.81. The molecule has 1 rings (SSSR count). The van der Waals surface area contributed by atoms with E-state index in [1.807, 2.05) is 0 Å². The number of amidine groups is 1. The van der Waals surface area contributed by atoms with Gasteiger partial charge in [-0.3, -0.25) is 10.1 Å². The van der Waals surface area contributed by atoms with Gasteiger partial charge in [0.05, 0.1) is 12.0 Å². The number of aryl methyl sites for hydroxylation is 1. The fourth-order valence-electron chi connectivity index (χ4n) is 1.37. The molecular weight excluding hydrogens is 242 g/mol. The largest absolute Gasteiger partial charge is 0.388 e. The van der Waals surface area contributed by atoms with Crippen LogP contribution in [0, 0.1) is 5.41 Å². The van der Waals surface area contributed by atoms with E-state index in [2.05, 4.69) is 5.10 Å². The standard InChI is InChI=1S/C9H17N5O2S/c1-3-14(5-4-9(10)11)17(15,16)8-6-12-13(2)7-8/h6-7H,3-5H2,1-2H3,(H3,10,11). The normalized spacial score (nSPS) is 11.9. The molecule has 7 nitrogen and oxygen atoms in total. The van der Waals surface area contributed by atoms with E-state index >= 15 is 0 Å². The van der Waals surface area contributed by atoms with Crippen molar-refractivity contribution >= 4 is 15.9 Å². The van der Waals surface area contributed by atoms with Gasteiger partial charge in [0.15, 0.2) is 0 Å². The third kappa shape index (κ3) is 3.27. The second kappa shape index (κ2) is 5.28. The highest BCUT2D eigenvalue weighted by Gasteiger charge is 2.24. The van der Waals surface area contributed by atoms with Crippen molar-refractivity contribution in [2.24, 2.45) is 12.8 Å². The van der Waals surface area contributed by atoms with E-state index in [0.717, 1.165) is 0 Å². The van der Waals surface area contributed by atoms with Crippen LogP contribution in [0.4, 0.5) is 0 Å². The summed E-state index contributed by atoms with van der Waals surface area (Å²) >= 11 is 0. The Kier molecular flexibility index (Phi) is 4.24. The van der Waals surface area contributed by atoms with Crippen LogP contribution in [0.2, 0.25) is 0 Å². The van der Waals surface area contributed by atoms with Crippen molar-refractivity contribution in [2.45, 2.75) is 18.2 Å². The smallest absolute Gasteiger partial charge is 0.246 e. The lowest BCUT2D eigenvalue weighted by Crippen LogP contribution is -2.33. The molecule has 0 spiro atoms. The van der Waals surface area contributed by atoms with E-state index in [1.54, 1.807) is 14.0 Å². The molecule has 1 heterocycles. The van der Waals surface area contributed by atoms with E-state index in [-0.39, 0.29) is 23.7 Å². The van der Waals surface area contributed by atoms with Crippen LogP contribution in [0.1, 0.15) is 13.3 Å². The van der Waals surface area contributed by atoms with Crippen LogP contribution in [0.5, 0.6) is 0 Å². The molecule has 1 aromatic heterocycles. The van der Waals surface area contributed by atoms with E-state index < -0.39 is 10.0 Å². The van der Waals surface area contributed by atoms with Gasteiger partial charge in [0.2, 0.25) is 10.0 Å². The second-order valence-electron chi connectivity index (χ2n) is 3.62. The van der Waals surface area contributed by atoms with Crippen molar-refractivity contribution in [3.8, 4) is 0 Å². The molecule has 0 atom stereocenters. The summed E-state index contributed by atoms with van der Waals surface area (Å²) in [6.07, 6.45) is 2.99. The SMILES string of the molecule is CCN(CCC(=N)N)S(=O)(=O)c1cnn(C)c1. The van der Waals surface area contributed by atoms with Crippen LogP contribution >= 0.6 is 0 Å². The quantitative estimate of drug-likeness (QED) is 0.543. The molecule has 0 unspecified atom stereocenters. The number of aromatic nitrogens is 2. The van der Waals surface area contributed by atoms with Crippen molar-refractivity contribution in [3.63, 3.8) is 0 Å². The molecule has 0 aliphatic heterocycles. The molecule has 0 bridgehead atoms. The van der Waals surface area contributed by atoms with E-state index in [9.17, 15) is 8.42 Å². The average molecular weight is 259 g/mol. The van der Waals surface area contributed by atoms with Crippen molar-refractivity contribution in [1.82, 2.24) is 14.1 Å². The molecule has 17 heavy (non-hydrogen) atoms. The lowest BCUT2D eigenvalue weighted by atomic mass is 10.4. The van der Waals surface area contributed by atoms with Crippen LogP contribution < -0.4 is 5.73 Å². The van der Waals surface area contributed by atoms with Gasteiger partial charge in [0.1, 0.15) is 4.90 Å². The Hall–Kier alpha value is -1.41. The lowest BCUT2D eigenvalue weighted by molar-refractivity contribution is 0.436. The van der Waals surface area contributed by atoms with Crippen LogP contribution in [0.3, 0.4) is 0 Å². The molecule has 0 aliphatic carbocycles. The highest BCUT2D eigenvalue weighted by molar-refractivity contribution is 7.89. The monoisotopic (exact) mass is 259 g/mol. The molecule has 0 fully saturated rings. The highest BCUT2D eigenvalue weighted by atomic mass is 32.2. The van der Waals surface area contributed by atoms with Gasteiger partial charge in [0, 0.05) is 32.8 Å². The minimum Gasteiger partial charge on any atom is -0.388 e. The number of sulfonamides is 1. The Labute approximate surface area is 101 Å². The maximum atomic E-state index is 12.2. The molecule has 0 saturated carbocycles. The van der Waals surface area contributed by atoms with Gasteiger partial charge in [-0.15, -0.1) is 0 Å². The highest BCUT2D eigenvalue weighted by Crippen LogP contribution is 2.14. The Morgan fingerprint density at radius 1 is 1.65 bits per heavy atom. The number of rotatable bonds is 6. The first-order valence-electron chi connectivity index (χ1n) is 5.19. The van der Waals surface area contributed by atoms with E-state index in [0.29, 0.717) is 6.54 Å². The second-order valence-corrected chi connectivity index (χ2v) is 5.56. The zero-order valence-corrected chi connectivity index (χ0v) is 10.7. The third-order valence-corrected chi connectivity index (χ3v) is 4.23. The molecule has 0 saturated heterocycles. The molecular formula is C9H17N5O2S. The summed E-state index contributed by atoms with van der Waals surface area (Å²) in [4.78, 5) is 0.158. The minimum atomic E-state index is -3.53. The number of hydrogen-bond acceptors (Lipinski definition) is 4. The molecule has 0 aromatic carbocycles. The molecule has 96 valence electrons. The zero-order valence-electron chi connectivity index (χ0n) is 9.92. The summed E-state index contributed by atoms with van der Waals surface area (Å²) < 4.78 is 27.0. The van der Waals surface area contributed by atoms with Crippen molar-refractivity contribution in [1.29, 1.82) is 5.41 Å². The number of nitrogens with zero attached hydrogens (tertiary/aromatic N) is 3. The Morgan fingerprint density at radius 2 is 2.29 bits per heavy atom. The predicted octanol–water partition coefficient (Wildman–Crippen LogP) is -0.243. The van der Waals surface area contributed by atoms with Gasteiger partial charge in [-0.05, 0) is 0 Å². The van der Waals surface area contributed by atoms with E-state index in [1.165, 1.54) is 21.4 Å². The summed E-state index contributed by atoms with van der Waals surface area (Å²) in [7, 11) is -1.87. The minimum absolute atomic E-state index is 0.0233. The Bertz CT molecular complexity index is 493. The van der Waals surface area contributed by atoms with Gasteiger partial charge in [-0.1, -0.05) is 6.92 Å². The fraction of sp³-hybridized carbons (Fsp3) is 0.556. The van der Waals surface area contributed by atoms with Crippen LogP contribution in [-0.4, -0.2) is 41.4 Å². The third-order valence-electron chi connectivity index (χ3n) is 2.30. The van der Waals surface area contributed by atoms with Crippen LogP contribution in [-0.2, 0) is 17.1 Å². The molecule has 0 amide bonds. The maximum absolute atomic E-state index is 12.2. The first-order chi connectivity index (χ1) is 7.87. The number of hydrogen-bond donors (Lipinski definition) is 2. The average Bonchev–Trinajstić information content (AvgIpc) is 2.65. The molecule has 8 heteroatoms. The summed E-state index contributed by atoms with van der Waals surface area (Å²) in [6, 6.07) is 0. The first kappa shape index (κ1) is 13.7. The molecule has 0 radical (unpaired) electrons. The maximum Gasteiger partial charge on any atom is 0.246 e. The van der Waals surface area contributed by atoms with Crippen molar-refractivity contribution < 1.29 is 8.42 Å². The summed E-state index contributed by atoms with van der Waals surface area (Å²) in [5.41, 5.74) is 5.23. The Morgan fingerprint density at radius 3 is 2.71 bits per heavy atom. The van der Waals surface area contributed by atoms with Crippen molar-refractivity contribution in [3.05, 3.63) is 12.4 Å². The predicted molar refractivity (Wildman–Crippen MR) is 64.2 cm³/mol. The van der Waals surface area contributed by atoms with Gasteiger partial charge in [-0.25, -0.2) is 8.42 Å². The first-order valence-corrected chi connectivity index (χ1v) is 6.63. The van der Waals surface area contributed by atoms with Crippen LogP contribution in [0.15, 0.2) is 17.3 Å². The summed E-state index contributed by atoms with van der Waals surface area (Å²) in [5, 5.41) is 11.0. The van der Waals surface area contributed by atoms with Gasteiger partial charge in [0.25, 0.3) is 0 Å². The molecule has 0 aliphatic rings. The number of nitrogens with one attached hydrogen (secondary N) is 1. The topological polar surface area (TPSA) is 105 Å². The summed E-state index contributed by atoms with van der Waals surface area (Å²) in [6.45, 7) is 2.29. The summed E-state index contributed by atoms with van der Waals surface area (Å²) in [5.74, 6) is -0.0233. The zero-order chi connectivity index (χ0) is 13.1. The molecule has 3 N–H and O–H groups in total.